The van der Waals surface area contributed by atoms with Gasteiger partial charge in [-0.25, -0.2) is 9.97 Å². The molecule has 3 rings (SSSR count). The van der Waals surface area contributed by atoms with E-state index in [1.54, 1.807) is 34.9 Å². The number of para-hydroxylation sites is 2. The summed E-state index contributed by atoms with van der Waals surface area (Å²) in [6, 6.07) is 7.96. The number of benzene rings is 1. The van der Waals surface area contributed by atoms with Crippen molar-refractivity contribution in [2.75, 3.05) is 5.75 Å². The predicted molar refractivity (Wildman–Crippen MR) is 90.1 cm³/mol. The van der Waals surface area contributed by atoms with Crippen LogP contribution < -0.4 is 0 Å². The summed E-state index contributed by atoms with van der Waals surface area (Å²) in [6.45, 7) is 4.13. The van der Waals surface area contributed by atoms with Crippen LogP contribution in [0.5, 0.6) is 0 Å². The summed E-state index contributed by atoms with van der Waals surface area (Å²) in [6.07, 6.45) is 0. The number of rotatable bonds is 5. The molecule has 21 heavy (non-hydrogen) atoms. The summed E-state index contributed by atoms with van der Waals surface area (Å²) in [5.41, 5.74) is 3.88. The fraction of sp³-hybridized carbons (Fsp3) is 0.286. The summed E-state index contributed by atoms with van der Waals surface area (Å²) < 4.78 is 2.02. The molecule has 0 saturated carbocycles. The third kappa shape index (κ3) is 3.53. The molecule has 0 spiro atoms. The summed E-state index contributed by atoms with van der Waals surface area (Å²) in [5.74, 6) is 1.80. The predicted octanol–water partition coefficient (Wildman–Crippen LogP) is 4.19. The van der Waals surface area contributed by atoms with Crippen LogP contribution in [-0.2, 0) is 5.75 Å². The fourth-order valence-electron chi connectivity index (χ4n) is 1.83. The molecule has 0 atom stereocenters. The van der Waals surface area contributed by atoms with Crippen LogP contribution in [0.4, 0.5) is 0 Å². The van der Waals surface area contributed by atoms with Gasteiger partial charge >= 0.3 is 0 Å². The van der Waals surface area contributed by atoms with Gasteiger partial charge in [0.1, 0.15) is 0 Å². The number of hydrogen-bond acceptors (Lipinski definition) is 7. The Bertz CT molecular complexity index is 757. The van der Waals surface area contributed by atoms with E-state index in [1.165, 1.54) is 0 Å². The SMILES string of the molecule is CCSc1nnc(SCc2nc3ccccc3nc2C)s1. The molecule has 108 valence electrons. The minimum atomic E-state index is 0.773. The number of fused-ring (bicyclic) bond motifs is 1. The van der Waals surface area contributed by atoms with Crippen LogP contribution in [0, 0.1) is 6.92 Å². The second kappa shape index (κ2) is 6.72. The van der Waals surface area contributed by atoms with Crippen molar-refractivity contribution >= 4 is 45.9 Å². The monoisotopic (exact) mass is 334 g/mol. The van der Waals surface area contributed by atoms with Crippen molar-refractivity contribution in [2.45, 2.75) is 28.3 Å². The van der Waals surface area contributed by atoms with Crippen molar-refractivity contribution < 1.29 is 0 Å². The minimum Gasteiger partial charge on any atom is -0.250 e. The molecular weight excluding hydrogens is 320 g/mol. The maximum Gasteiger partial charge on any atom is 0.175 e. The highest BCUT2D eigenvalue weighted by Crippen LogP contribution is 2.30. The van der Waals surface area contributed by atoms with Crippen molar-refractivity contribution in [3.8, 4) is 0 Å². The minimum absolute atomic E-state index is 0.773. The topological polar surface area (TPSA) is 51.6 Å². The maximum absolute atomic E-state index is 4.70. The van der Waals surface area contributed by atoms with Gasteiger partial charge in [-0.05, 0) is 24.8 Å². The Morgan fingerprint density at radius 1 is 1.00 bits per heavy atom. The highest BCUT2D eigenvalue weighted by atomic mass is 32.2. The average molecular weight is 334 g/mol. The van der Waals surface area contributed by atoms with Gasteiger partial charge in [-0.3, -0.25) is 0 Å². The first-order chi connectivity index (χ1) is 10.3. The Balaban J connectivity index is 1.76. The Labute approximate surface area is 135 Å². The molecule has 0 saturated heterocycles. The van der Waals surface area contributed by atoms with E-state index in [0.717, 1.165) is 42.6 Å². The quantitative estimate of drug-likeness (QED) is 0.652. The van der Waals surface area contributed by atoms with E-state index in [4.69, 9.17) is 4.98 Å². The van der Waals surface area contributed by atoms with Gasteiger partial charge in [0.05, 0.1) is 22.4 Å². The third-order valence-corrected chi connectivity index (χ3v) is 5.91. The lowest BCUT2D eigenvalue weighted by Gasteiger charge is -2.05. The van der Waals surface area contributed by atoms with Crippen LogP contribution >= 0.6 is 34.9 Å². The van der Waals surface area contributed by atoms with Gasteiger partial charge in [0, 0.05) is 5.75 Å². The van der Waals surface area contributed by atoms with E-state index < -0.39 is 0 Å². The maximum atomic E-state index is 4.70. The molecule has 4 nitrogen and oxygen atoms in total. The van der Waals surface area contributed by atoms with E-state index in [-0.39, 0.29) is 0 Å². The normalized spacial score (nSPS) is 11.1. The highest BCUT2D eigenvalue weighted by Gasteiger charge is 2.09. The van der Waals surface area contributed by atoms with E-state index in [0.29, 0.717) is 0 Å². The Kier molecular flexibility index (Phi) is 4.72. The largest absolute Gasteiger partial charge is 0.250 e. The van der Waals surface area contributed by atoms with E-state index in [2.05, 4.69) is 22.1 Å². The molecule has 1 aromatic carbocycles. The van der Waals surface area contributed by atoms with E-state index >= 15 is 0 Å². The molecule has 0 amide bonds. The Morgan fingerprint density at radius 3 is 2.38 bits per heavy atom. The number of thioether (sulfide) groups is 2. The summed E-state index contributed by atoms with van der Waals surface area (Å²) in [7, 11) is 0. The second-order valence-electron chi connectivity index (χ2n) is 4.30. The van der Waals surface area contributed by atoms with Gasteiger partial charge in [0.15, 0.2) is 8.68 Å². The first-order valence-corrected chi connectivity index (χ1v) is 9.36. The van der Waals surface area contributed by atoms with E-state index in [1.807, 2.05) is 31.2 Å². The average Bonchev–Trinajstić information content (AvgIpc) is 2.93. The van der Waals surface area contributed by atoms with Gasteiger partial charge in [-0.2, -0.15) is 0 Å². The van der Waals surface area contributed by atoms with Crippen LogP contribution in [0.3, 0.4) is 0 Å². The Morgan fingerprint density at radius 2 is 1.67 bits per heavy atom. The summed E-state index contributed by atoms with van der Waals surface area (Å²) in [5, 5.41) is 8.37. The van der Waals surface area contributed by atoms with Gasteiger partial charge in [0.2, 0.25) is 0 Å². The van der Waals surface area contributed by atoms with Crippen molar-refractivity contribution in [3.05, 3.63) is 35.7 Å². The van der Waals surface area contributed by atoms with Gasteiger partial charge < -0.3 is 0 Å². The number of aromatic nitrogens is 4. The lowest BCUT2D eigenvalue weighted by molar-refractivity contribution is 0.953. The number of nitrogens with zero attached hydrogens (tertiary/aromatic N) is 4. The lowest BCUT2D eigenvalue weighted by atomic mass is 10.2. The third-order valence-electron chi connectivity index (χ3n) is 2.83. The lowest BCUT2D eigenvalue weighted by Crippen LogP contribution is -1.96. The number of aryl methyl sites for hydroxylation is 1. The van der Waals surface area contributed by atoms with Gasteiger partial charge in [-0.15, -0.1) is 10.2 Å². The van der Waals surface area contributed by atoms with Crippen LogP contribution in [0.15, 0.2) is 32.9 Å². The fourth-order valence-corrected chi connectivity index (χ4v) is 4.75. The molecule has 0 aliphatic heterocycles. The zero-order valence-corrected chi connectivity index (χ0v) is 14.2. The zero-order valence-electron chi connectivity index (χ0n) is 11.7. The molecule has 0 bridgehead atoms. The molecule has 7 heteroatoms. The van der Waals surface area contributed by atoms with Gasteiger partial charge in [0.25, 0.3) is 0 Å². The first kappa shape index (κ1) is 14.7. The molecule has 2 aromatic heterocycles. The summed E-state index contributed by atoms with van der Waals surface area (Å²) >= 11 is 5.04. The Hall–Kier alpha value is -1.18. The molecule has 0 unspecified atom stereocenters. The molecule has 0 radical (unpaired) electrons. The molecule has 2 heterocycles. The zero-order chi connectivity index (χ0) is 14.7. The molecular formula is C14H14N4S3. The molecule has 0 N–H and O–H groups in total. The molecule has 0 fully saturated rings. The van der Waals surface area contributed by atoms with Crippen LogP contribution in [-0.4, -0.2) is 25.9 Å². The van der Waals surface area contributed by atoms with Crippen molar-refractivity contribution in [1.29, 1.82) is 0 Å². The highest BCUT2D eigenvalue weighted by molar-refractivity contribution is 8.02. The molecule has 3 aromatic rings. The van der Waals surface area contributed by atoms with Crippen molar-refractivity contribution in [1.82, 2.24) is 20.2 Å². The van der Waals surface area contributed by atoms with Crippen LogP contribution in [0.1, 0.15) is 18.3 Å². The second-order valence-corrected chi connectivity index (χ2v) is 8.01. The van der Waals surface area contributed by atoms with Crippen molar-refractivity contribution in [3.63, 3.8) is 0 Å². The van der Waals surface area contributed by atoms with Crippen LogP contribution in [0.25, 0.3) is 11.0 Å². The molecule has 0 aliphatic rings. The molecule has 0 aliphatic carbocycles. The standard InChI is InChI=1S/C14H14N4S3/c1-3-19-13-17-18-14(21-13)20-8-12-9(2)15-10-6-4-5-7-11(10)16-12/h4-7H,3,8H2,1-2H3. The number of hydrogen-bond donors (Lipinski definition) is 0. The van der Waals surface area contributed by atoms with Gasteiger partial charge in [-0.1, -0.05) is 53.9 Å². The van der Waals surface area contributed by atoms with E-state index in [9.17, 15) is 0 Å². The van der Waals surface area contributed by atoms with Crippen LogP contribution in [0.2, 0.25) is 0 Å². The van der Waals surface area contributed by atoms with Crippen molar-refractivity contribution in [2.24, 2.45) is 0 Å². The first-order valence-electron chi connectivity index (χ1n) is 6.57. The summed E-state index contributed by atoms with van der Waals surface area (Å²) in [4.78, 5) is 9.31. The smallest absolute Gasteiger partial charge is 0.175 e.